The van der Waals surface area contributed by atoms with E-state index in [1.165, 1.54) is 44.9 Å². The smallest absolute Gasteiger partial charge is 0.222 e. The normalized spacial score (nSPS) is 23.6. The third kappa shape index (κ3) is 5.47. The largest absolute Gasteiger partial charge is 0.379 e. The second kappa shape index (κ2) is 11.1. The highest BCUT2D eigenvalue weighted by Crippen LogP contribution is 2.30. The SMILES string of the molecule is CCN(C(=O)CCCSc1nnnn1C1CCCCC1)C1CCCCC1OC. The fourth-order valence-corrected chi connectivity index (χ4v) is 5.55. The van der Waals surface area contributed by atoms with Crippen molar-refractivity contribution in [1.82, 2.24) is 25.1 Å². The molecular formula is C20H35N5O2S. The van der Waals surface area contributed by atoms with Gasteiger partial charge in [-0.1, -0.05) is 43.9 Å². The monoisotopic (exact) mass is 409 g/mol. The molecule has 0 aliphatic heterocycles. The van der Waals surface area contributed by atoms with Gasteiger partial charge in [0.15, 0.2) is 0 Å². The summed E-state index contributed by atoms with van der Waals surface area (Å²) in [5, 5.41) is 13.2. The van der Waals surface area contributed by atoms with Crippen LogP contribution in [0.1, 0.15) is 83.6 Å². The van der Waals surface area contributed by atoms with Gasteiger partial charge in [0, 0.05) is 25.8 Å². The quantitative estimate of drug-likeness (QED) is 0.455. The maximum Gasteiger partial charge on any atom is 0.222 e. The van der Waals surface area contributed by atoms with Gasteiger partial charge in [-0.15, -0.1) is 5.10 Å². The Morgan fingerprint density at radius 1 is 1.18 bits per heavy atom. The molecule has 7 nitrogen and oxygen atoms in total. The average Bonchev–Trinajstić information content (AvgIpc) is 3.21. The lowest BCUT2D eigenvalue weighted by Crippen LogP contribution is -2.49. The topological polar surface area (TPSA) is 73.1 Å². The van der Waals surface area contributed by atoms with E-state index in [0.29, 0.717) is 12.5 Å². The van der Waals surface area contributed by atoms with Crippen molar-refractivity contribution in [2.75, 3.05) is 19.4 Å². The van der Waals surface area contributed by atoms with Crippen LogP contribution in [0.5, 0.6) is 0 Å². The average molecular weight is 410 g/mol. The van der Waals surface area contributed by atoms with Gasteiger partial charge in [-0.05, 0) is 49.5 Å². The Morgan fingerprint density at radius 3 is 2.68 bits per heavy atom. The summed E-state index contributed by atoms with van der Waals surface area (Å²) in [6, 6.07) is 0.684. The van der Waals surface area contributed by atoms with E-state index in [1.807, 2.05) is 9.58 Å². The first-order valence-corrected chi connectivity index (χ1v) is 12.0. The Balaban J connectivity index is 1.45. The highest BCUT2D eigenvalue weighted by Gasteiger charge is 2.31. The van der Waals surface area contributed by atoms with Crippen molar-refractivity contribution in [3.05, 3.63) is 0 Å². The summed E-state index contributed by atoms with van der Waals surface area (Å²) in [4.78, 5) is 14.9. The van der Waals surface area contributed by atoms with E-state index < -0.39 is 0 Å². The molecule has 1 heterocycles. The van der Waals surface area contributed by atoms with Gasteiger partial charge in [-0.3, -0.25) is 4.79 Å². The van der Waals surface area contributed by atoms with Gasteiger partial charge in [0.05, 0.1) is 18.2 Å². The molecule has 2 atom stereocenters. The summed E-state index contributed by atoms with van der Waals surface area (Å²) in [6.45, 7) is 2.84. The maximum absolute atomic E-state index is 12.8. The first kappa shape index (κ1) is 21.6. The highest BCUT2D eigenvalue weighted by atomic mass is 32.2. The summed E-state index contributed by atoms with van der Waals surface area (Å²) in [7, 11) is 1.77. The van der Waals surface area contributed by atoms with Crippen LogP contribution in [0.4, 0.5) is 0 Å². The van der Waals surface area contributed by atoms with E-state index in [4.69, 9.17) is 4.74 Å². The van der Waals surface area contributed by atoms with Gasteiger partial charge >= 0.3 is 0 Å². The van der Waals surface area contributed by atoms with Crippen LogP contribution in [0.2, 0.25) is 0 Å². The fraction of sp³-hybridized carbons (Fsp3) is 0.900. The van der Waals surface area contributed by atoms with Crippen LogP contribution in [0.25, 0.3) is 0 Å². The Labute approximate surface area is 172 Å². The zero-order chi connectivity index (χ0) is 19.8. The molecule has 28 heavy (non-hydrogen) atoms. The molecule has 0 bridgehead atoms. The van der Waals surface area contributed by atoms with Gasteiger partial charge in [0.1, 0.15) is 0 Å². The number of ether oxygens (including phenoxy) is 1. The van der Waals surface area contributed by atoms with Gasteiger partial charge < -0.3 is 9.64 Å². The van der Waals surface area contributed by atoms with Crippen molar-refractivity contribution < 1.29 is 9.53 Å². The van der Waals surface area contributed by atoms with E-state index in [-0.39, 0.29) is 18.1 Å². The molecule has 0 saturated heterocycles. The molecule has 2 saturated carbocycles. The Hall–Kier alpha value is -1.15. The molecule has 0 spiro atoms. The van der Waals surface area contributed by atoms with Gasteiger partial charge in [-0.2, -0.15) is 0 Å². The minimum Gasteiger partial charge on any atom is -0.379 e. The lowest BCUT2D eigenvalue weighted by molar-refractivity contribution is -0.137. The predicted octanol–water partition coefficient (Wildman–Crippen LogP) is 3.86. The van der Waals surface area contributed by atoms with Crippen molar-refractivity contribution >= 4 is 17.7 Å². The first-order valence-electron chi connectivity index (χ1n) is 11.0. The third-order valence-corrected chi connectivity index (χ3v) is 7.20. The summed E-state index contributed by atoms with van der Waals surface area (Å²) >= 11 is 1.68. The van der Waals surface area contributed by atoms with E-state index in [2.05, 4.69) is 22.4 Å². The number of methoxy groups -OCH3 is 1. The van der Waals surface area contributed by atoms with E-state index in [1.54, 1.807) is 18.9 Å². The Morgan fingerprint density at radius 2 is 1.93 bits per heavy atom. The van der Waals surface area contributed by atoms with E-state index in [9.17, 15) is 4.79 Å². The first-order chi connectivity index (χ1) is 13.7. The fourth-order valence-electron chi connectivity index (χ4n) is 4.67. The standard InChI is InChI=1S/C20H35N5O2S/c1-3-24(17-12-7-8-13-18(17)27-2)19(26)14-9-15-28-20-21-22-23-25(20)16-10-5-4-6-11-16/h16-18H,3-15H2,1-2H3. The molecule has 0 N–H and O–H groups in total. The van der Waals surface area contributed by atoms with Crippen LogP contribution >= 0.6 is 11.8 Å². The number of amides is 1. The van der Waals surface area contributed by atoms with E-state index in [0.717, 1.165) is 36.7 Å². The lowest BCUT2D eigenvalue weighted by atomic mass is 9.91. The number of thioether (sulfide) groups is 1. The molecule has 158 valence electrons. The highest BCUT2D eigenvalue weighted by molar-refractivity contribution is 7.99. The van der Waals surface area contributed by atoms with Crippen LogP contribution in [0, 0.1) is 0 Å². The number of hydrogen-bond donors (Lipinski definition) is 0. The van der Waals surface area contributed by atoms with Crippen LogP contribution in [0.3, 0.4) is 0 Å². The van der Waals surface area contributed by atoms with Crippen molar-refractivity contribution in [3.8, 4) is 0 Å². The molecule has 3 rings (SSSR count). The second-order valence-corrected chi connectivity index (χ2v) is 9.02. The summed E-state index contributed by atoms with van der Waals surface area (Å²) in [6.07, 6.45) is 12.3. The maximum atomic E-state index is 12.8. The molecule has 0 aromatic carbocycles. The Kier molecular flexibility index (Phi) is 8.58. The molecule has 0 radical (unpaired) electrons. The number of likely N-dealkylation sites (N-methyl/N-ethyl adjacent to an activating group) is 1. The van der Waals surface area contributed by atoms with Crippen molar-refractivity contribution in [3.63, 3.8) is 0 Å². The van der Waals surface area contributed by atoms with Crippen molar-refractivity contribution in [2.24, 2.45) is 0 Å². The lowest BCUT2D eigenvalue weighted by Gasteiger charge is -2.39. The molecule has 1 aromatic heterocycles. The van der Waals surface area contributed by atoms with Crippen LogP contribution in [-0.2, 0) is 9.53 Å². The Bertz CT molecular complexity index is 605. The number of rotatable bonds is 9. The minimum absolute atomic E-state index is 0.187. The van der Waals surface area contributed by atoms with Gasteiger partial charge in [-0.25, -0.2) is 4.68 Å². The minimum atomic E-state index is 0.187. The number of hydrogen-bond acceptors (Lipinski definition) is 6. The molecule has 2 aliphatic rings. The molecular weight excluding hydrogens is 374 g/mol. The number of aromatic nitrogens is 4. The molecule has 2 fully saturated rings. The summed E-state index contributed by atoms with van der Waals surface area (Å²) in [5.41, 5.74) is 0. The van der Waals surface area contributed by atoms with Gasteiger partial charge in [0.25, 0.3) is 0 Å². The molecule has 2 aliphatic carbocycles. The predicted molar refractivity (Wildman–Crippen MR) is 110 cm³/mol. The zero-order valence-electron chi connectivity index (χ0n) is 17.4. The number of carbonyl (C=O) groups excluding carboxylic acids is 1. The number of carbonyl (C=O) groups is 1. The van der Waals surface area contributed by atoms with Crippen LogP contribution in [0.15, 0.2) is 5.16 Å². The molecule has 8 heteroatoms. The number of nitrogens with zero attached hydrogens (tertiary/aromatic N) is 5. The molecule has 2 unspecified atom stereocenters. The summed E-state index contributed by atoms with van der Waals surface area (Å²) in [5.74, 6) is 1.12. The van der Waals surface area contributed by atoms with Crippen LogP contribution < -0.4 is 0 Å². The zero-order valence-corrected chi connectivity index (χ0v) is 18.2. The van der Waals surface area contributed by atoms with Crippen molar-refractivity contribution in [1.29, 1.82) is 0 Å². The molecule has 1 amide bonds. The third-order valence-electron chi connectivity index (χ3n) is 6.18. The van der Waals surface area contributed by atoms with Crippen molar-refractivity contribution in [2.45, 2.75) is 101 Å². The second-order valence-electron chi connectivity index (χ2n) is 7.96. The number of tetrazole rings is 1. The molecule has 1 aromatic rings. The van der Waals surface area contributed by atoms with E-state index >= 15 is 0 Å². The summed E-state index contributed by atoms with van der Waals surface area (Å²) < 4.78 is 7.67. The van der Waals surface area contributed by atoms with Crippen LogP contribution in [-0.4, -0.2) is 62.6 Å². The van der Waals surface area contributed by atoms with Gasteiger partial charge in [0.2, 0.25) is 11.1 Å².